The van der Waals surface area contributed by atoms with E-state index in [2.05, 4.69) is 265 Å². The molecule has 12 nitrogen and oxygen atoms in total. The Morgan fingerprint density at radius 3 is 0.942 bits per heavy atom. The van der Waals surface area contributed by atoms with Crippen LogP contribution in [0.3, 0.4) is 0 Å². The first-order valence-electron chi connectivity index (χ1n) is 35.2. The van der Waals surface area contributed by atoms with E-state index < -0.39 is 0 Å². The van der Waals surface area contributed by atoms with Crippen molar-refractivity contribution in [3.05, 3.63) is 289 Å². The van der Waals surface area contributed by atoms with Crippen molar-refractivity contribution < 1.29 is 35.9 Å². The van der Waals surface area contributed by atoms with Gasteiger partial charge in [-0.25, -0.2) is 18.3 Å². The van der Waals surface area contributed by atoms with Crippen LogP contribution < -0.4 is 18.3 Å². The van der Waals surface area contributed by atoms with E-state index in [0.717, 1.165) is 112 Å². The lowest BCUT2D eigenvalue weighted by molar-refractivity contribution is -0.663. The molecule has 0 saturated heterocycles. The molecule has 0 aliphatic heterocycles. The highest BCUT2D eigenvalue weighted by Gasteiger charge is 2.26. The number of fused-ring (bicyclic) bond motifs is 20. The van der Waals surface area contributed by atoms with Crippen LogP contribution in [0.25, 0.3) is 176 Å². The number of furan rings is 4. The highest BCUT2D eigenvalue weighted by molar-refractivity contribution is 6.24. The molecule has 504 valence electrons. The Morgan fingerprint density at radius 1 is 0.260 bits per heavy atom. The van der Waals surface area contributed by atoms with Crippen molar-refractivity contribution in [2.45, 2.75) is 55.4 Å². The normalized spacial score (nSPS) is 11.7. The number of aryl methyl sites for hydroxylation is 10. The predicted octanol–water partition coefficient (Wildman–Crippen LogP) is 21.0. The molecule has 8 heterocycles. The maximum absolute atomic E-state index is 6.44. The lowest BCUT2D eigenvalue weighted by Crippen LogP contribution is -2.31. The molecule has 12 heteroatoms. The molecule has 0 bridgehead atoms. The number of nitrogens with zero attached hydrogens (tertiary/aromatic N) is 8. The molecule has 20 rings (SSSR count). The van der Waals surface area contributed by atoms with Gasteiger partial charge < -0.3 is 17.7 Å². The maximum Gasteiger partial charge on any atom is 0.286 e. The molecule has 0 amide bonds. The van der Waals surface area contributed by atoms with E-state index in [0.29, 0.717) is 0 Å². The zero-order valence-electron chi connectivity index (χ0n) is 60.3. The second-order valence-electron chi connectivity index (χ2n) is 27.7. The topological polar surface area (TPSA) is 120 Å². The quantitative estimate of drug-likeness (QED) is 0.160. The Bertz CT molecular complexity index is 6910. The summed E-state index contributed by atoms with van der Waals surface area (Å²) in [6.45, 7) is 17.0. The molecule has 0 fully saturated rings. The van der Waals surface area contributed by atoms with E-state index in [4.69, 9.17) is 17.7 Å². The first kappa shape index (κ1) is 64.6. The van der Waals surface area contributed by atoms with Gasteiger partial charge >= 0.3 is 0 Å². The van der Waals surface area contributed by atoms with Gasteiger partial charge in [0.15, 0.2) is 11.4 Å². The summed E-state index contributed by atoms with van der Waals surface area (Å²) in [5.41, 5.74) is 25.9. The molecule has 8 aromatic heterocycles. The van der Waals surface area contributed by atoms with Crippen LogP contribution in [0.1, 0.15) is 44.8 Å². The van der Waals surface area contributed by atoms with E-state index in [-0.39, 0.29) is 0 Å². The van der Waals surface area contributed by atoms with Crippen LogP contribution >= 0.6 is 0 Å². The minimum Gasteiger partial charge on any atom is -0.455 e. The average Bonchev–Trinajstić information content (AvgIpc) is 1.59. The fourth-order valence-electron chi connectivity index (χ4n) is 15.5. The highest BCUT2D eigenvalue weighted by Crippen LogP contribution is 2.46. The fourth-order valence-corrected chi connectivity index (χ4v) is 15.5. The third-order valence-electron chi connectivity index (χ3n) is 21.0. The first-order chi connectivity index (χ1) is 50.6. The molecular weight excluding hydrogens is 1280 g/mol. The van der Waals surface area contributed by atoms with Gasteiger partial charge in [0, 0.05) is 81.2 Å². The van der Waals surface area contributed by atoms with E-state index in [1.54, 1.807) is 0 Å². The van der Waals surface area contributed by atoms with Crippen LogP contribution in [0.2, 0.25) is 0 Å². The average molecular weight is 1360 g/mol. The zero-order chi connectivity index (χ0) is 71.3. The van der Waals surface area contributed by atoms with Crippen molar-refractivity contribution in [2.24, 2.45) is 28.2 Å². The summed E-state index contributed by atoms with van der Waals surface area (Å²) in [6, 6.07) is 72.3. The molecule has 0 N–H and O–H groups in total. The standard InChI is InChI=1S/C24H21N2O.2C23H19N2O.C22H17N2O/c1-14-11-19-23-18-8-6-5-7-17(18)9-10-21(23)27-24(19)22(16(14)3)20-12-15(2)25-13-26(20)4;1-14-8-10-18-22-17-7-5-4-6-16(17)9-11-20(22)26-23(18)21(14)19-12-15(2)24-13-25(19)3;1-14-12-18-22-17-7-5-4-6-16(17)8-9-20(22)26-23(18)21(15(14)2)19-10-11-24-13-25(19)3;1-14-7-9-17-21-16-6-4-3-5-15(16)8-10-19(21)25-22(17)20(14)18-11-12-23-13-24(18)2/h5-13H,1-4H3;2*4-13H,1-3H3;3-13H,1-2H3/q4*+1. The van der Waals surface area contributed by atoms with Gasteiger partial charge in [-0.3, -0.25) is 0 Å². The van der Waals surface area contributed by atoms with Gasteiger partial charge in [-0.1, -0.05) is 166 Å². The first-order valence-corrected chi connectivity index (χ1v) is 35.2. The number of aromatic nitrogens is 8. The van der Waals surface area contributed by atoms with Crippen molar-refractivity contribution in [3.63, 3.8) is 0 Å². The second-order valence-corrected chi connectivity index (χ2v) is 27.7. The fraction of sp³-hybridized carbons (Fsp3) is 0.130. The largest absolute Gasteiger partial charge is 0.455 e. The van der Waals surface area contributed by atoms with Crippen molar-refractivity contribution in [2.75, 3.05) is 0 Å². The Morgan fingerprint density at radius 2 is 0.567 bits per heavy atom. The van der Waals surface area contributed by atoms with Gasteiger partial charge in [0.1, 0.15) is 79.8 Å². The summed E-state index contributed by atoms with van der Waals surface area (Å²) in [7, 11) is 8.10. The van der Waals surface area contributed by atoms with Gasteiger partial charge in [-0.05, 0) is 154 Å². The minimum atomic E-state index is 0.928. The summed E-state index contributed by atoms with van der Waals surface area (Å²) >= 11 is 0. The molecule has 20 aromatic rings. The van der Waals surface area contributed by atoms with Crippen molar-refractivity contribution in [3.8, 4) is 45.0 Å². The van der Waals surface area contributed by atoms with Crippen molar-refractivity contribution in [1.29, 1.82) is 0 Å². The summed E-state index contributed by atoms with van der Waals surface area (Å²) in [5, 5.41) is 19.3. The van der Waals surface area contributed by atoms with Gasteiger partial charge in [-0.2, -0.15) is 0 Å². The smallest absolute Gasteiger partial charge is 0.286 e. The molecule has 0 aliphatic rings. The second kappa shape index (κ2) is 25.7. The monoisotopic (exact) mass is 1360 g/mol. The van der Waals surface area contributed by atoms with Gasteiger partial charge in [-0.15, -0.1) is 0 Å². The van der Waals surface area contributed by atoms with E-state index in [9.17, 15) is 0 Å². The molecule has 0 saturated carbocycles. The van der Waals surface area contributed by atoms with Crippen LogP contribution in [-0.4, -0.2) is 19.9 Å². The van der Waals surface area contributed by atoms with Crippen LogP contribution in [0.15, 0.2) is 262 Å². The Hall–Kier alpha value is -12.8. The summed E-state index contributed by atoms with van der Waals surface area (Å²) in [4.78, 5) is 17.2. The minimum absolute atomic E-state index is 0.928. The summed E-state index contributed by atoms with van der Waals surface area (Å²) in [6.07, 6.45) is 11.1. The van der Waals surface area contributed by atoms with Gasteiger partial charge in [0.2, 0.25) is 0 Å². The third kappa shape index (κ3) is 10.8. The molecule has 0 aliphatic carbocycles. The Balaban J connectivity index is 0.000000103. The molecule has 0 spiro atoms. The number of hydrogen-bond acceptors (Lipinski definition) is 8. The molecular formula is C92H76N8O4+4. The SMILES string of the molecule is Cc1cc(-c2c(C)c(C)cc3c2oc2ccc4ccccc4c23)[n+](C)cn1.Cc1cc(-c2c(C)ccc3c2oc2ccc4ccccc4c23)[n+](C)cn1.Cc1cc2c(oc3ccc4ccccc4c32)c(-c2ccnc[n+]2C)c1C.Cc1ccc2c(oc3ccc4ccccc4c32)c1-c1ccnc[n+]1C. The van der Waals surface area contributed by atoms with Gasteiger partial charge in [0.25, 0.3) is 25.3 Å². The van der Waals surface area contributed by atoms with E-state index in [1.165, 1.54) is 109 Å². The summed E-state index contributed by atoms with van der Waals surface area (Å²) in [5.74, 6) is 0. The van der Waals surface area contributed by atoms with Crippen molar-refractivity contribution >= 4 is 131 Å². The van der Waals surface area contributed by atoms with Crippen LogP contribution in [-0.2, 0) is 28.2 Å². The van der Waals surface area contributed by atoms with Crippen molar-refractivity contribution in [1.82, 2.24) is 19.9 Å². The number of rotatable bonds is 4. The molecule has 0 atom stereocenters. The summed E-state index contributed by atoms with van der Waals surface area (Å²) < 4.78 is 33.8. The highest BCUT2D eigenvalue weighted by atomic mass is 16.3. The molecule has 0 radical (unpaired) electrons. The number of hydrogen-bond donors (Lipinski definition) is 0. The van der Waals surface area contributed by atoms with E-state index in [1.807, 2.05) is 101 Å². The lowest BCUT2D eigenvalue weighted by Gasteiger charge is -2.10. The predicted molar refractivity (Wildman–Crippen MR) is 420 cm³/mol. The van der Waals surface area contributed by atoms with Gasteiger partial charge in [0.05, 0.1) is 50.4 Å². The Labute approximate surface area is 600 Å². The lowest BCUT2D eigenvalue weighted by atomic mass is 9.95. The zero-order valence-corrected chi connectivity index (χ0v) is 60.3. The van der Waals surface area contributed by atoms with E-state index >= 15 is 0 Å². The maximum atomic E-state index is 6.44. The number of benzene rings is 12. The van der Waals surface area contributed by atoms with Crippen LogP contribution in [0, 0.1) is 55.4 Å². The molecule has 104 heavy (non-hydrogen) atoms. The molecule has 0 unspecified atom stereocenters. The third-order valence-corrected chi connectivity index (χ3v) is 21.0. The Kier molecular flexibility index (Phi) is 15.9. The van der Waals surface area contributed by atoms with Crippen LogP contribution in [0.5, 0.6) is 0 Å². The van der Waals surface area contributed by atoms with Crippen LogP contribution in [0.4, 0.5) is 0 Å². The molecule has 12 aromatic carbocycles.